The SMILES string of the molecule is CC(C)c1[nH]ncc1-c1ccnc(NCCCNC2CCCCC2)c1. The minimum atomic E-state index is 0.424. The highest BCUT2D eigenvalue weighted by molar-refractivity contribution is 5.68. The van der Waals surface area contributed by atoms with Gasteiger partial charge in [-0.3, -0.25) is 5.10 Å². The Morgan fingerprint density at radius 3 is 2.84 bits per heavy atom. The van der Waals surface area contributed by atoms with Gasteiger partial charge in [0, 0.05) is 30.0 Å². The molecule has 5 nitrogen and oxygen atoms in total. The number of nitrogens with one attached hydrogen (secondary N) is 3. The number of H-pyrrole nitrogens is 1. The van der Waals surface area contributed by atoms with Gasteiger partial charge in [0.2, 0.25) is 0 Å². The quantitative estimate of drug-likeness (QED) is 0.626. The van der Waals surface area contributed by atoms with Crippen molar-refractivity contribution in [2.24, 2.45) is 0 Å². The monoisotopic (exact) mass is 341 g/mol. The molecular weight excluding hydrogens is 310 g/mol. The first-order valence-electron chi connectivity index (χ1n) is 9.71. The van der Waals surface area contributed by atoms with Crippen LogP contribution in [0.2, 0.25) is 0 Å². The van der Waals surface area contributed by atoms with Gasteiger partial charge in [-0.15, -0.1) is 0 Å². The lowest BCUT2D eigenvalue weighted by molar-refractivity contribution is 0.373. The van der Waals surface area contributed by atoms with Crippen molar-refractivity contribution in [3.05, 3.63) is 30.2 Å². The van der Waals surface area contributed by atoms with Gasteiger partial charge in [-0.05, 0) is 49.4 Å². The molecule has 1 fully saturated rings. The van der Waals surface area contributed by atoms with Crippen LogP contribution in [0.15, 0.2) is 24.5 Å². The molecule has 25 heavy (non-hydrogen) atoms. The fraction of sp³-hybridized carbons (Fsp3) is 0.600. The molecule has 0 spiro atoms. The molecule has 1 saturated carbocycles. The molecule has 0 atom stereocenters. The number of hydrogen-bond acceptors (Lipinski definition) is 4. The molecule has 0 saturated heterocycles. The Morgan fingerprint density at radius 1 is 1.20 bits per heavy atom. The van der Waals surface area contributed by atoms with Crippen molar-refractivity contribution in [2.75, 3.05) is 18.4 Å². The Morgan fingerprint density at radius 2 is 2.04 bits per heavy atom. The first-order valence-corrected chi connectivity index (χ1v) is 9.71. The molecule has 0 amide bonds. The average Bonchev–Trinajstić information content (AvgIpc) is 3.13. The third-order valence-electron chi connectivity index (χ3n) is 5.01. The van der Waals surface area contributed by atoms with Crippen molar-refractivity contribution >= 4 is 5.82 Å². The van der Waals surface area contributed by atoms with E-state index in [0.717, 1.165) is 36.9 Å². The molecule has 3 N–H and O–H groups in total. The van der Waals surface area contributed by atoms with Crippen molar-refractivity contribution in [1.29, 1.82) is 0 Å². The summed E-state index contributed by atoms with van der Waals surface area (Å²) in [7, 11) is 0. The summed E-state index contributed by atoms with van der Waals surface area (Å²) in [6.07, 6.45) is 11.8. The Bertz CT molecular complexity index is 643. The van der Waals surface area contributed by atoms with Crippen molar-refractivity contribution in [3.8, 4) is 11.1 Å². The Labute approximate surface area is 151 Å². The third kappa shape index (κ3) is 5.05. The van der Waals surface area contributed by atoms with Crippen molar-refractivity contribution in [2.45, 2.75) is 64.3 Å². The standard InChI is InChI=1S/C20H31N5/c1-15(2)20-18(14-24-25-20)16-9-12-23-19(13-16)22-11-6-10-21-17-7-4-3-5-8-17/h9,12-15,17,21H,3-8,10-11H2,1-2H3,(H,22,23)(H,24,25). The lowest BCUT2D eigenvalue weighted by Crippen LogP contribution is -2.32. The maximum absolute atomic E-state index is 4.45. The van der Waals surface area contributed by atoms with E-state index in [1.54, 1.807) is 0 Å². The van der Waals surface area contributed by atoms with Gasteiger partial charge in [-0.1, -0.05) is 33.1 Å². The minimum Gasteiger partial charge on any atom is -0.370 e. The summed E-state index contributed by atoms with van der Waals surface area (Å²) in [6.45, 7) is 6.38. The van der Waals surface area contributed by atoms with E-state index >= 15 is 0 Å². The van der Waals surface area contributed by atoms with Crippen molar-refractivity contribution in [1.82, 2.24) is 20.5 Å². The van der Waals surface area contributed by atoms with Crippen LogP contribution in [0.5, 0.6) is 0 Å². The molecule has 2 aromatic rings. The van der Waals surface area contributed by atoms with E-state index in [9.17, 15) is 0 Å². The van der Waals surface area contributed by atoms with Gasteiger partial charge in [0.25, 0.3) is 0 Å². The summed E-state index contributed by atoms with van der Waals surface area (Å²) >= 11 is 0. The van der Waals surface area contributed by atoms with Crippen molar-refractivity contribution < 1.29 is 0 Å². The van der Waals surface area contributed by atoms with Crippen LogP contribution in [0.4, 0.5) is 5.82 Å². The second-order valence-electron chi connectivity index (χ2n) is 7.35. The molecule has 1 aliphatic rings. The molecule has 0 bridgehead atoms. The highest BCUT2D eigenvalue weighted by Gasteiger charge is 2.12. The lowest BCUT2D eigenvalue weighted by atomic mass is 9.95. The highest BCUT2D eigenvalue weighted by atomic mass is 15.1. The van der Waals surface area contributed by atoms with Gasteiger partial charge in [0.15, 0.2) is 0 Å². The van der Waals surface area contributed by atoms with Gasteiger partial charge in [0.1, 0.15) is 5.82 Å². The molecule has 3 rings (SSSR count). The fourth-order valence-electron chi connectivity index (χ4n) is 3.58. The van der Waals surface area contributed by atoms with E-state index < -0.39 is 0 Å². The van der Waals surface area contributed by atoms with Gasteiger partial charge in [-0.25, -0.2) is 4.98 Å². The van der Waals surface area contributed by atoms with Gasteiger partial charge in [-0.2, -0.15) is 5.10 Å². The molecule has 0 aliphatic heterocycles. The second kappa shape index (κ2) is 8.99. The number of anilines is 1. The molecule has 0 aromatic carbocycles. The molecule has 1 aliphatic carbocycles. The molecule has 0 radical (unpaired) electrons. The van der Waals surface area contributed by atoms with E-state index in [0.29, 0.717) is 5.92 Å². The van der Waals surface area contributed by atoms with Crippen LogP contribution in [0.3, 0.4) is 0 Å². The van der Waals surface area contributed by atoms with E-state index in [1.807, 2.05) is 18.5 Å². The topological polar surface area (TPSA) is 65.6 Å². The van der Waals surface area contributed by atoms with Gasteiger partial charge in [0.05, 0.1) is 6.20 Å². The Hall–Kier alpha value is -1.88. The Kier molecular flexibility index (Phi) is 6.45. The predicted octanol–water partition coefficient (Wildman–Crippen LogP) is 4.32. The fourth-order valence-corrected chi connectivity index (χ4v) is 3.58. The second-order valence-corrected chi connectivity index (χ2v) is 7.35. The zero-order valence-electron chi connectivity index (χ0n) is 15.5. The number of hydrogen-bond donors (Lipinski definition) is 3. The molecular formula is C20H31N5. The third-order valence-corrected chi connectivity index (χ3v) is 5.01. The summed E-state index contributed by atoms with van der Waals surface area (Å²) in [5, 5.41) is 14.5. The van der Waals surface area contributed by atoms with Crippen LogP contribution in [-0.4, -0.2) is 34.3 Å². The van der Waals surface area contributed by atoms with Gasteiger partial charge < -0.3 is 10.6 Å². The molecule has 136 valence electrons. The van der Waals surface area contributed by atoms with Crippen LogP contribution in [0, 0.1) is 0 Å². The predicted molar refractivity (Wildman–Crippen MR) is 104 cm³/mol. The first-order chi connectivity index (χ1) is 12.2. The minimum absolute atomic E-state index is 0.424. The molecule has 5 heteroatoms. The smallest absolute Gasteiger partial charge is 0.126 e. The van der Waals surface area contributed by atoms with Crippen LogP contribution < -0.4 is 10.6 Å². The van der Waals surface area contributed by atoms with Gasteiger partial charge >= 0.3 is 0 Å². The van der Waals surface area contributed by atoms with Crippen LogP contribution in [0.25, 0.3) is 11.1 Å². The molecule has 2 heterocycles. The maximum atomic E-state index is 4.45. The van der Waals surface area contributed by atoms with E-state index in [-0.39, 0.29) is 0 Å². The summed E-state index contributed by atoms with van der Waals surface area (Å²) < 4.78 is 0. The zero-order chi connectivity index (χ0) is 17.5. The number of pyridine rings is 1. The summed E-state index contributed by atoms with van der Waals surface area (Å²) in [5.41, 5.74) is 3.50. The zero-order valence-corrected chi connectivity index (χ0v) is 15.5. The lowest BCUT2D eigenvalue weighted by Gasteiger charge is -2.22. The first kappa shape index (κ1) is 17.9. The largest absolute Gasteiger partial charge is 0.370 e. The Balaban J connectivity index is 1.47. The number of aromatic nitrogens is 3. The average molecular weight is 342 g/mol. The molecule has 2 aromatic heterocycles. The molecule has 0 unspecified atom stereocenters. The van der Waals surface area contributed by atoms with E-state index in [4.69, 9.17) is 0 Å². The number of aromatic amines is 1. The van der Waals surface area contributed by atoms with E-state index in [2.05, 4.69) is 45.7 Å². The number of nitrogens with zero attached hydrogens (tertiary/aromatic N) is 2. The van der Waals surface area contributed by atoms with Crippen LogP contribution >= 0.6 is 0 Å². The normalized spacial score (nSPS) is 15.6. The number of rotatable bonds is 8. The summed E-state index contributed by atoms with van der Waals surface area (Å²) in [5.74, 6) is 1.36. The van der Waals surface area contributed by atoms with Crippen LogP contribution in [0.1, 0.15) is 64.0 Å². The summed E-state index contributed by atoms with van der Waals surface area (Å²) in [6, 6.07) is 4.91. The van der Waals surface area contributed by atoms with Crippen molar-refractivity contribution in [3.63, 3.8) is 0 Å². The summed E-state index contributed by atoms with van der Waals surface area (Å²) in [4.78, 5) is 4.45. The highest BCUT2D eigenvalue weighted by Crippen LogP contribution is 2.28. The maximum Gasteiger partial charge on any atom is 0.126 e. The van der Waals surface area contributed by atoms with Crippen LogP contribution in [-0.2, 0) is 0 Å². The van der Waals surface area contributed by atoms with E-state index in [1.165, 1.54) is 43.4 Å².